The topological polar surface area (TPSA) is 50.7 Å². The summed E-state index contributed by atoms with van der Waals surface area (Å²) in [5.41, 5.74) is 3.57. The predicted octanol–water partition coefficient (Wildman–Crippen LogP) is 3.24. The summed E-state index contributed by atoms with van der Waals surface area (Å²) in [6, 6.07) is 14.4. The predicted molar refractivity (Wildman–Crippen MR) is 99.3 cm³/mol. The Morgan fingerprint density at radius 2 is 2.08 bits per heavy atom. The summed E-state index contributed by atoms with van der Waals surface area (Å²) in [4.78, 5) is 0. The molecule has 0 aliphatic carbocycles. The van der Waals surface area contributed by atoms with E-state index in [2.05, 4.69) is 30.4 Å². The molecule has 0 fully saturated rings. The van der Waals surface area contributed by atoms with Crippen molar-refractivity contribution in [2.45, 2.75) is 38.9 Å². The number of hydrogen-bond acceptors (Lipinski definition) is 4. The number of fused-ring (bicyclic) bond motifs is 1. The molecule has 0 radical (unpaired) electrons. The zero-order chi connectivity index (χ0) is 17.5. The minimum absolute atomic E-state index is 0.177. The summed E-state index contributed by atoms with van der Waals surface area (Å²) in [7, 11) is 0. The van der Waals surface area contributed by atoms with Crippen molar-refractivity contribution in [3.05, 3.63) is 59.2 Å². The zero-order valence-corrected chi connectivity index (χ0v) is 14.8. The number of aliphatic hydroxyl groups excluding tert-OH is 1. The van der Waals surface area contributed by atoms with Crippen molar-refractivity contribution in [1.82, 2.24) is 5.32 Å². The lowest BCUT2D eigenvalue weighted by Crippen LogP contribution is -2.34. The number of aryl methyl sites for hydroxylation is 2. The molecule has 1 aliphatic heterocycles. The molecule has 25 heavy (non-hydrogen) atoms. The van der Waals surface area contributed by atoms with Gasteiger partial charge >= 0.3 is 0 Å². The van der Waals surface area contributed by atoms with Gasteiger partial charge in [-0.05, 0) is 55.5 Å². The fraction of sp³-hybridized carbons (Fsp3) is 0.429. The number of aliphatic hydroxyl groups is 1. The number of hydrogen-bond donors (Lipinski definition) is 2. The SMILES string of the molecule is Cc1cc2c(cc1OCc1ccccc1)OC(CNCCCO)CC2. The maximum Gasteiger partial charge on any atom is 0.126 e. The van der Waals surface area contributed by atoms with Gasteiger partial charge in [0, 0.05) is 19.2 Å². The number of rotatable bonds is 8. The number of nitrogens with one attached hydrogen (secondary N) is 1. The van der Waals surface area contributed by atoms with Crippen molar-refractivity contribution in [1.29, 1.82) is 0 Å². The van der Waals surface area contributed by atoms with Gasteiger partial charge in [-0.3, -0.25) is 0 Å². The number of ether oxygens (including phenoxy) is 2. The zero-order valence-electron chi connectivity index (χ0n) is 14.8. The van der Waals surface area contributed by atoms with Gasteiger partial charge in [0.2, 0.25) is 0 Å². The lowest BCUT2D eigenvalue weighted by molar-refractivity contribution is 0.168. The van der Waals surface area contributed by atoms with E-state index in [0.29, 0.717) is 6.61 Å². The van der Waals surface area contributed by atoms with Gasteiger partial charge in [-0.25, -0.2) is 0 Å². The highest BCUT2D eigenvalue weighted by Crippen LogP contribution is 2.34. The fourth-order valence-electron chi connectivity index (χ4n) is 3.09. The minimum Gasteiger partial charge on any atom is -0.489 e. The molecule has 0 saturated carbocycles. The van der Waals surface area contributed by atoms with Crippen LogP contribution in [0.3, 0.4) is 0 Å². The van der Waals surface area contributed by atoms with Gasteiger partial charge in [-0.15, -0.1) is 0 Å². The Balaban J connectivity index is 1.61. The van der Waals surface area contributed by atoms with Gasteiger partial charge in [0.05, 0.1) is 0 Å². The summed E-state index contributed by atoms with van der Waals surface area (Å²) >= 11 is 0. The normalized spacial score (nSPS) is 16.2. The van der Waals surface area contributed by atoms with Crippen LogP contribution in [-0.2, 0) is 13.0 Å². The van der Waals surface area contributed by atoms with Crippen LogP contribution in [0.25, 0.3) is 0 Å². The van der Waals surface area contributed by atoms with Crippen LogP contribution < -0.4 is 14.8 Å². The molecule has 1 aliphatic rings. The van der Waals surface area contributed by atoms with Crippen molar-refractivity contribution >= 4 is 0 Å². The van der Waals surface area contributed by atoms with Crippen LogP contribution in [-0.4, -0.2) is 30.9 Å². The second-order valence-electron chi connectivity index (χ2n) is 6.56. The molecule has 1 atom stereocenters. The van der Waals surface area contributed by atoms with E-state index in [1.54, 1.807) is 0 Å². The Morgan fingerprint density at radius 1 is 1.24 bits per heavy atom. The van der Waals surface area contributed by atoms with Crippen molar-refractivity contribution in [3.8, 4) is 11.5 Å². The van der Waals surface area contributed by atoms with Gasteiger partial charge in [-0.1, -0.05) is 30.3 Å². The van der Waals surface area contributed by atoms with E-state index in [0.717, 1.165) is 55.0 Å². The fourth-order valence-corrected chi connectivity index (χ4v) is 3.09. The lowest BCUT2D eigenvalue weighted by atomic mass is 9.99. The minimum atomic E-state index is 0.177. The van der Waals surface area contributed by atoms with Gasteiger partial charge < -0.3 is 19.9 Å². The van der Waals surface area contributed by atoms with E-state index in [4.69, 9.17) is 14.6 Å². The first-order valence-corrected chi connectivity index (χ1v) is 9.04. The van der Waals surface area contributed by atoms with E-state index in [1.807, 2.05) is 24.3 Å². The largest absolute Gasteiger partial charge is 0.489 e. The summed E-state index contributed by atoms with van der Waals surface area (Å²) < 4.78 is 12.2. The highest BCUT2D eigenvalue weighted by Gasteiger charge is 2.21. The molecule has 2 N–H and O–H groups in total. The molecule has 0 amide bonds. The molecule has 1 unspecified atom stereocenters. The molecule has 134 valence electrons. The van der Waals surface area contributed by atoms with Crippen LogP contribution >= 0.6 is 0 Å². The van der Waals surface area contributed by atoms with Crippen LogP contribution in [0.15, 0.2) is 42.5 Å². The van der Waals surface area contributed by atoms with E-state index in [-0.39, 0.29) is 12.7 Å². The van der Waals surface area contributed by atoms with Crippen LogP contribution in [0.1, 0.15) is 29.5 Å². The molecular weight excluding hydrogens is 314 g/mol. The standard InChI is InChI=1S/C21H27NO3/c1-16-12-18-8-9-19(14-22-10-5-11-23)25-21(18)13-20(16)24-15-17-6-3-2-4-7-17/h2-4,6-7,12-13,19,22-23H,5,8-11,14-15H2,1H3. The first kappa shape index (κ1) is 17.8. The van der Waals surface area contributed by atoms with E-state index in [9.17, 15) is 0 Å². The average molecular weight is 341 g/mol. The summed E-state index contributed by atoms with van der Waals surface area (Å²) in [6.07, 6.45) is 3.00. The molecule has 0 bridgehead atoms. The Kier molecular flexibility index (Phi) is 6.31. The molecule has 0 spiro atoms. The smallest absolute Gasteiger partial charge is 0.126 e. The lowest BCUT2D eigenvalue weighted by Gasteiger charge is -2.27. The molecule has 3 rings (SSSR count). The quantitative estimate of drug-likeness (QED) is 0.724. The maximum atomic E-state index is 8.84. The number of benzene rings is 2. The molecule has 4 heteroatoms. The van der Waals surface area contributed by atoms with Crippen molar-refractivity contribution in [3.63, 3.8) is 0 Å². The molecule has 4 nitrogen and oxygen atoms in total. The third-order valence-electron chi connectivity index (χ3n) is 4.51. The third-order valence-corrected chi connectivity index (χ3v) is 4.51. The molecule has 0 saturated heterocycles. The van der Waals surface area contributed by atoms with E-state index >= 15 is 0 Å². The second-order valence-corrected chi connectivity index (χ2v) is 6.56. The summed E-state index contributed by atoms with van der Waals surface area (Å²) in [5, 5.41) is 12.2. The van der Waals surface area contributed by atoms with Gasteiger partial charge in [0.15, 0.2) is 0 Å². The Morgan fingerprint density at radius 3 is 2.88 bits per heavy atom. The monoisotopic (exact) mass is 341 g/mol. The average Bonchev–Trinajstić information content (AvgIpc) is 2.64. The maximum absolute atomic E-state index is 8.84. The first-order valence-electron chi connectivity index (χ1n) is 9.04. The van der Waals surface area contributed by atoms with Crippen molar-refractivity contribution in [2.75, 3.05) is 19.7 Å². The molecule has 1 heterocycles. The molecule has 2 aromatic carbocycles. The van der Waals surface area contributed by atoms with Gasteiger partial charge in [-0.2, -0.15) is 0 Å². The van der Waals surface area contributed by atoms with Crippen molar-refractivity contribution < 1.29 is 14.6 Å². The third kappa shape index (κ3) is 4.97. The molecule has 2 aromatic rings. The van der Waals surface area contributed by atoms with Crippen LogP contribution in [0.4, 0.5) is 0 Å². The summed E-state index contributed by atoms with van der Waals surface area (Å²) in [6.45, 7) is 4.51. The van der Waals surface area contributed by atoms with Gasteiger partial charge in [0.1, 0.15) is 24.2 Å². The van der Waals surface area contributed by atoms with Crippen LogP contribution in [0.2, 0.25) is 0 Å². The molecular formula is C21H27NO3. The Bertz CT molecular complexity index is 672. The Hall–Kier alpha value is -2.04. The first-order chi connectivity index (χ1) is 12.3. The highest BCUT2D eigenvalue weighted by molar-refractivity contribution is 5.47. The molecule has 0 aromatic heterocycles. The van der Waals surface area contributed by atoms with Gasteiger partial charge in [0.25, 0.3) is 0 Å². The summed E-state index contributed by atoms with van der Waals surface area (Å²) in [5.74, 6) is 1.82. The van der Waals surface area contributed by atoms with Crippen LogP contribution in [0.5, 0.6) is 11.5 Å². The van der Waals surface area contributed by atoms with Crippen molar-refractivity contribution in [2.24, 2.45) is 0 Å². The van der Waals surface area contributed by atoms with E-state index < -0.39 is 0 Å². The van der Waals surface area contributed by atoms with E-state index in [1.165, 1.54) is 5.56 Å². The Labute approximate surface area is 149 Å². The second kappa shape index (κ2) is 8.88. The van der Waals surface area contributed by atoms with Crippen LogP contribution in [0, 0.1) is 6.92 Å². The highest BCUT2D eigenvalue weighted by atomic mass is 16.5.